The predicted octanol–water partition coefficient (Wildman–Crippen LogP) is 4.65. The van der Waals surface area contributed by atoms with Gasteiger partial charge in [-0.05, 0) is 48.1 Å². The van der Waals surface area contributed by atoms with Gasteiger partial charge < -0.3 is 0 Å². The minimum atomic E-state index is -0.340. The van der Waals surface area contributed by atoms with Crippen LogP contribution >= 0.6 is 0 Å². The average Bonchev–Trinajstić information content (AvgIpc) is 2.68. The summed E-state index contributed by atoms with van der Waals surface area (Å²) in [5.74, 6) is 1.65. The number of nitrogens with zero attached hydrogens (tertiary/aromatic N) is 3. The molecule has 7 heteroatoms. The topological polar surface area (TPSA) is 89.5 Å². The average molecular weight is 379 g/mol. The van der Waals surface area contributed by atoms with Gasteiger partial charge in [-0.1, -0.05) is 24.3 Å². The van der Waals surface area contributed by atoms with E-state index in [2.05, 4.69) is 4.90 Å². The van der Waals surface area contributed by atoms with E-state index in [4.69, 9.17) is 0 Å². The maximum absolute atomic E-state index is 11.3. The summed E-state index contributed by atoms with van der Waals surface area (Å²) >= 11 is 0. The van der Waals surface area contributed by atoms with Crippen LogP contribution in [0.4, 0.5) is 11.4 Å². The molecule has 0 radical (unpaired) electrons. The zero-order valence-corrected chi connectivity index (χ0v) is 15.3. The van der Waals surface area contributed by atoms with Crippen molar-refractivity contribution in [2.24, 2.45) is 17.8 Å². The Balaban J connectivity index is 1.56. The molecule has 0 N–H and O–H groups in total. The van der Waals surface area contributed by atoms with E-state index in [1.807, 2.05) is 12.1 Å². The van der Waals surface area contributed by atoms with Crippen LogP contribution in [-0.2, 0) is 0 Å². The minimum absolute atomic E-state index is 0.124. The van der Waals surface area contributed by atoms with Gasteiger partial charge in [0.2, 0.25) is 0 Å². The van der Waals surface area contributed by atoms with Gasteiger partial charge in [-0.15, -0.1) is 0 Å². The van der Waals surface area contributed by atoms with E-state index < -0.39 is 0 Å². The molecule has 1 aliphatic carbocycles. The lowest BCUT2D eigenvalue weighted by molar-refractivity contribution is -0.385. The summed E-state index contributed by atoms with van der Waals surface area (Å²) < 4.78 is 0. The Bertz CT molecular complexity index is 889. The van der Waals surface area contributed by atoms with Crippen LogP contribution in [0.15, 0.2) is 48.5 Å². The number of piperidine rings is 3. The summed E-state index contributed by atoms with van der Waals surface area (Å²) in [6, 6.07) is 14.3. The molecular formula is C21H21N3O4. The number of nitro benzene ring substituents is 2. The number of hydrogen-bond acceptors (Lipinski definition) is 5. The monoisotopic (exact) mass is 379 g/mol. The number of nitro groups is 2. The zero-order valence-electron chi connectivity index (χ0n) is 15.3. The Hall–Kier alpha value is -2.80. The maximum Gasteiger partial charge on any atom is 0.269 e. The van der Waals surface area contributed by atoms with Crippen molar-refractivity contribution >= 4 is 11.4 Å². The van der Waals surface area contributed by atoms with Crippen LogP contribution in [-0.4, -0.2) is 21.3 Å². The van der Waals surface area contributed by atoms with Gasteiger partial charge in [-0.25, -0.2) is 0 Å². The molecule has 0 aromatic heterocycles. The van der Waals surface area contributed by atoms with Crippen LogP contribution < -0.4 is 0 Å². The van der Waals surface area contributed by atoms with E-state index in [0.29, 0.717) is 17.8 Å². The van der Waals surface area contributed by atoms with Crippen molar-refractivity contribution in [3.63, 3.8) is 0 Å². The fourth-order valence-electron chi connectivity index (χ4n) is 6.01. The highest BCUT2D eigenvalue weighted by molar-refractivity contribution is 5.40. The van der Waals surface area contributed by atoms with Gasteiger partial charge in [-0.2, -0.15) is 0 Å². The van der Waals surface area contributed by atoms with Gasteiger partial charge in [0.25, 0.3) is 11.4 Å². The van der Waals surface area contributed by atoms with Gasteiger partial charge in [0.15, 0.2) is 0 Å². The van der Waals surface area contributed by atoms with Crippen molar-refractivity contribution in [3.05, 3.63) is 79.9 Å². The third-order valence-corrected chi connectivity index (χ3v) is 6.80. The number of benzene rings is 2. The van der Waals surface area contributed by atoms with Crippen LogP contribution in [0.25, 0.3) is 0 Å². The lowest BCUT2D eigenvalue weighted by Crippen LogP contribution is -2.56. The fourth-order valence-corrected chi connectivity index (χ4v) is 6.01. The molecule has 2 aromatic rings. The maximum atomic E-state index is 11.3. The molecule has 6 rings (SSSR count). The molecule has 28 heavy (non-hydrogen) atoms. The molecule has 7 nitrogen and oxygen atoms in total. The quantitative estimate of drug-likeness (QED) is 0.570. The van der Waals surface area contributed by atoms with Gasteiger partial charge in [0.1, 0.15) is 0 Å². The Labute approximate surface area is 162 Å². The Morgan fingerprint density at radius 2 is 1.29 bits per heavy atom. The Morgan fingerprint density at radius 1 is 0.786 bits per heavy atom. The molecule has 0 spiro atoms. The van der Waals surface area contributed by atoms with Crippen molar-refractivity contribution in [2.75, 3.05) is 6.54 Å². The zero-order chi connectivity index (χ0) is 19.4. The number of rotatable bonds is 4. The van der Waals surface area contributed by atoms with Crippen LogP contribution in [0.1, 0.15) is 42.5 Å². The van der Waals surface area contributed by atoms with Crippen molar-refractivity contribution in [1.29, 1.82) is 0 Å². The largest absolute Gasteiger partial charge is 0.288 e. The summed E-state index contributed by atoms with van der Waals surface area (Å²) in [6.45, 7) is 0.952. The smallest absolute Gasteiger partial charge is 0.269 e. The van der Waals surface area contributed by atoms with Crippen molar-refractivity contribution in [2.45, 2.75) is 31.3 Å². The van der Waals surface area contributed by atoms with Crippen LogP contribution in [0.5, 0.6) is 0 Å². The second-order valence-corrected chi connectivity index (χ2v) is 8.38. The van der Waals surface area contributed by atoms with Crippen molar-refractivity contribution < 1.29 is 9.85 Å². The van der Waals surface area contributed by atoms with E-state index in [9.17, 15) is 20.2 Å². The van der Waals surface area contributed by atoms with Gasteiger partial charge in [0.05, 0.1) is 9.85 Å². The number of hydrogen-bond donors (Lipinski definition) is 0. The number of non-ortho nitro benzene ring substituents is 2. The highest BCUT2D eigenvalue weighted by Crippen LogP contribution is 2.59. The molecule has 4 bridgehead atoms. The van der Waals surface area contributed by atoms with Gasteiger partial charge >= 0.3 is 0 Å². The van der Waals surface area contributed by atoms with E-state index in [1.165, 1.54) is 25.0 Å². The molecular weight excluding hydrogens is 358 g/mol. The van der Waals surface area contributed by atoms with Crippen molar-refractivity contribution in [3.8, 4) is 0 Å². The van der Waals surface area contributed by atoms with Gasteiger partial charge in [-0.3, -0.25) is 25.1 Å². The van der Waals surface area contributed by atoms with E-state index in [1.54, 1.807) is 24.3 Å². The molecule has 4 fully saturated rings. The standard InChI is InChI=1S/C21H21N3O4/c25-23(26)18-5-1-3-14(10-18)20-16-7-13-8-17(9-16)21(22(20)12-13)15-4-2-6-19(11-15)24(27)28/h1-6,10-11,13,16-17,20-21H,7-9,12H2/t13?,16-,17+,20-,21-/m1/s1. The highest BCUT2D eigenvalue weighted by Gasteiger charge is 2.53. The van der Waals surface area contributed by atoms with Crippen molar-refractivity contribution in [1.82, 2.24) is 4.90 Å². The van der Waals surface area contributed by atoms with Crippen LogP contribution in [0, 0.1) is 38.0 Å². The summed E-state index contributed by atoms with van der Waals surface area (Å²) in [5.41, 5.74) is 2.24. The lowest BCUT2D eigenvalue weighted by Gasteiger charge is -2.60. The van der Waals surface area contributed by atoms with E-state index >= 15 is 0 Å². The first kappa shape index (κ1) is 17.3. The van der Waals surface area contributed by atoms with E-state index in [0.717, 1.165) is 24.1 Å². The molecule has 3 heterocycles. The first-order chi connectivity index (χ1) is 13.5. The minimum Gasteiger partial charge on any atom is -0.288 e. The molecule has 6 atom stereocenters. The Morgan fingerprint density at radius 3 is 1.75 bits per heavy atom. The molecule has 3 saturated heterocycles. The molecule has 2 unspecified atom stereocenters. The second kappa shape index (κ2) is 6.38. The van der Waals surface area contributed by atoms with Crippen LogP contribution in [0.2, 0.25) is 0 Å². The first-order valence-electron chi connectivity index (χ1n) is 9.75. The molecule has 4 aliphatic rings. The van der Waals surface area contributed by atoms with Gasteiger partial charge in [0, 0.05) is 42.9 Å². The molecule has 2 aromatic carbocycles. The molecule has 0 amide bonds. The van der Waals surface area contributed by atoms with E-state index in [-0.39, 0.29) is 33.3 Å². The lowest BCUT2D eigenvalue weighted by atomic mass is 9.60. The second-order valence-electron chi connectivity index (χ2n) is 8.38. The van der Waals surface area contributed by atoms with Crippen LogP contribution in [0.3, 0.4) is 0 Å². The highest BCUT2D eigenvalue weighted by atomic mass is 16.6. The normalized spacial score (nSPS) is 33.0. The predicted molar refractivity (Wildman–Crippen MR) is 103 cm³/mol. The first-order valence-corrected chi connectivity index (χ1v) is 9.75. The third kappa shape index (κ3) is 2.69. The molecule has 3 aliphatic heterocycles. The summed E-state index contributed by atoms with van der Waals surface area (Å²) in [5, 5.41) is 22.5. The molecule has 144 valence electrons. The SMILES string of the molecule is O=[N+]([O-])c1cccc([C@@H]2[C@@H]3CC4C[C@@H](C3)[C@@H](c3cccc([N+](=O)[O-])c3)N2C4)c1. The summed E-state index contributed by atoms with van der Waals surface area (Å²) in [4.78, 5) is 24.3. The molecule has 1 saturated carbocycles. The Kier molecular flexibility index (Phi) is 3.94. The summed E-state index contributed by atoms with van der Waals surface area (Å²) in [6.07, 6.45) is 3.41. The third-order valence-electron chi connectivity index (χ3n) is 6.80. The fraction of sp³-hybridized carbons (Fsp3) is 0.429. The summed E-state index contributed by atoms with van der Waals surface area (Å²) in [7, 11) is 0.